The predicted octanol–water partition coefficient (Wildman–Crippen LogP) is 1.07. The van der Waals surface area contributed by atoms with Crippen LogP contribution in [0.1, 0.15) is 12.8 Å². The van der Waals surface area contributed by atoms with Crippen molar-refractivity contribution in [1.82, 2.24) is 10.2 Å². The molecule has 0 aromatic carbocycles. The molecule has 5 nitrogen and oxygen atoms in total. The fourth-order valence-corrected chi connectivity index (χ4v) is 2.64. The lowest BCUT2D eigenvalue weighted by Crippen LogP contribution is -2.53. The summed E-state index contributed by atoms with van der Waals surface area (Å²) >= 11 is 2.04. The Morgan fingerprint density at radius 2 is 2.11 bits per heavy atom. The largest absolute Gasteiger partial charge is 0.322 e. The van der Waals surface area contributed by atoms with Gasteiger partial charge in [-0.15, -0.1) is 0 Å². The Bertz CT molecular complexity index is 522. The van der Waals surface area contributed by atoms with Crippen molar-refractivity contribution >= 4 is 40.3 Å². The minimum atomic E-state index is -0.569. The van der Waals surface area contributed by atoms with E-state index in [1.165, 1.54) is 4.90 Å². The molecule has 2 aliphatic rings. The summed E-state index contributed by atoms with van der Waals surface area (Å²) in [7, 11) is 0. The smallest absolute Gasteiger partial charge is 0.255 e. The number of carbonyl (C=O) groups excluding carboxylic acids is 3. The molecule has 0 aliphatic carbocycles. The van der Waals surface area contributed by atoms with Crippen LogP contribution in [0.3, 0.4) is 0 Å². The molecule has 1 saturated heterocycles. The molecule has 100 valence electrons. The van der Waals surface area contributed by atoms with Gasteiger partial charge in [0.15, 0.2) is 0 Å². The average molecular weight is 372 g/mol. The molecule has 0 bridgehead atoms. The highest BCUT2D eigenvalue weighted by molar-refractivity contribution is 14.1. The van der Waals surface area contributed by atoms with Crippen molar-refractivity contribution in [2.75, 3.05) is 6.54 Å². The zero-order valence-electron chi connectivity index (χ0n) is 10.2. The minimum Gasteiger partial charge on any atom is -0.322 e. The number of halogens is 1. The summed E-state index contributed by atoms with van der Waals surface area (Å²) in [6.45, 7) is 4.06. The molecule has 6 heteroatoms. The van der Waals surface area contributed by atoms with Gasteiger partial charge in [0.1, 0.15) is 6.04 Å². The van der Waals surface area contributed by atoms with Crippen LogP contribution < -0.4 is 5.32 Å². The maximum Gasteiger partial charge on any atom is 0.255 e. The van der Waals surface area contributed by atoms with Gasteiger partial charge in [-0.3, -0.25) is 19.7 Å². The van der Waals surface area contributed by atoms with Crippen molar-refractivity contribution in [2.45, 2.75) is 18.9 Å². The second kappa shape index (κ2) is 5.68. The highest BCUT2D eigenvalue weighted by Gasteiger charge is 2.38. The molecule has 0 radical (unpaired) electrons. The molecular weight excluding hydrogens is 359 g/mol. The maximum absolute atomic E-state index is 12.3. The van der Waals surface area contributed by atoms with Gasteiger partial charge in [-0.05, 0) is 22.2 Å². The second-order valence-electron chi connectivity index (χ2n) is 4.34. The van der Waals surface area contributed by atoms with Gasteiger partial charge in [-0.1, -0.05) is 35.2 Å². The van der Waals surface area contributed by atoms with Crippen LogP contribution in [0.2, 0.25) is 0 Å². The first-order valence-corrected chi connectivity index (χ1v) is 7.10. The van der Waals surface area contributed by atoms with E-state index in [1.807, 2.05) is 22.6 Å². The van der Waals surface area contributed by atoms with E-state index in [0.29, 0.717) is 18.5 Å². The summed E-state index contributed by atoms with van der Waals surface area (Å²) in [5, 5.41) is 2.27. The zero-order chi connectivity index (χ0) is 14.0. The maximum atomic E-state index is 12.3. The molecule has 1 N–H and O–H groups in total. The van der Waals surface area contributed by atoms with E-state index in [4.69, 9.17) is 0 Å². The zero-order valence-corrected chi connectivity index (χ0v) is 12.3. The Hall–Kier alpha value is -1.44. The number of nitrogens with one attached hydrogen (secondary N) is 1. The quantitative estimate of drug-likeness (QED) is 0.595. The van der Waals surface area contributed by atoms with Crippen LogP contribution in [0.15, 0.2) is 34.0 Å². The van der Waals surface area contributed by atoms with Gasteiger partial charge in [-0.25, -0.2) is 0 Å². The molecule has 1 atom stereocenters. The first-order valence-electron chi connectivity index (χ1n) is 5.85. The van der Waals surface area contributed by atoms with Gasteiger partial charge >= 0.3 is 0 Å². The third kappa shape index (κ3) is 2.63. The number of nitrogens with zero attached hydrogens (tertiary/aromatic N) is 1. The molecule has 19 heavy (non-hydrogen) atoms. The number of amides is 3. The Morgan fingerprint density at radius 1 is 1.37 bits per heavy atom. The van der Waals surface area contributed by atoms with Crippen LogP contribution in [0.5, 0.6) is 0 Å². The molecule has 0 aromatic heterocycles. The summed E-state index contributed by atoms with van der Waals surface area (Å²) in [5.41, 5.74) is 1.37. The summed E-state index contributed by atoms with van der Waals surface area (Å²) in [6.07, 6.45) is 3.99. The number of imide groups is 1. The van der Waals surface area contributed by atoms with Crippen LogP contribution in [0.4, 0.5) is 0 Å². The number of hydrogen-bond acceptors (Lipinski definition) is 3. The normalized spacial score (nSPS) is 24.4. The number of carbonyl (C=O) groups is 3. The average Bonchev–Trinajstić information content (AvgIpc) is 2.68. The van der Waals surface area contributed by atoms with Gasteiger partial charge in [-0.2, -0.15) is 0 Å². The van der Waals surface area contributed by atoms with Gasteiger partial charge in [0.25, 0.3) is 5.91 Å². The van der Waals surface area contributed by atoms with E-state index in [2.05, 4.69) is 11.9 Å². The van der Waals surface area contributed by atoms with Gasteiger partial charge in [0.2, 0.25) is 11.8 Å². The van der Waals surface area contributed by atoms with E-state index in [0.717, 1.165) is 5.57 Å². The Balaban J connectivity index is 2.21. The van der Waals surface area contributed by atoms with Crippen molar-refractivity contribution in [2.24, 2.45) is 0 Å². The van der Waals surface area contributed by atoms with Crippen LogP contribution in [-0.2, 0) is 14.4 Å². The molecule has 2 rings (SSSR count). The number of hydrogen-bond donors (Lipinski definition) is 1. The van der Waals surface area contributed by atoms with Crippen LogP contribution >= 0.6 is 22.6 Å². The molecular formula is C13H13IN2O3. The van der Waals surface area contributed by atoms with E-state index >= 15 is 0 Å². The minimum absolute atomic E-state index is 0.183. The molecule has 0 saturated carbocycles. The van der Waals surface area contributed by atoms with Crippen molar-refractivity contribution < 1.29 is 14.4 Å². The topological polar surface area (TPSA) is 66.5 Å². The van der Waals surface area contributed by atoms with Crippen LogP contribution in [0.25, 0.3) is 0 Å². The summed E-state index contributed by atoms with van der Waals surface area (Å²) < 4.78 is 1.75. The monoisotopic (exact) mass is 372 g/mol. The lowest BCUT2D eigenvalue weighted by molar-refractivity contribution is -0.142. The van der Waals surface area contributed by atoms with Crippen molar-refractivity contribution in [3.8, 4) is 0 Å². The predicted molar refractivity (Wildman–Crippen MR) is 78.3 cm³/mol. The Morgan fingerprint density at radius 3 is 2.68 bits per heavy atom. The molecule has 1 unspecified atom stereocenters. The molecule has 0 spiro atoms. The fourth-order valence-electron chi connectivity index (χ4n) is 2.28. The Labute approximate surface area is 124 Å². The molecule has 2 heterocycles. The van der Waals surface area contributed by atoms with Gasteiger partial charge in [0, 0.05) is 18.5 Å². The van der Waals surface area contributed by atoms with Crippen LogP contribution in [0, 0.1) is 0 Å². The third-order valence-corrected chi connectivity index (χ3v) is 3.60. The standard InChI is InChI=1S/C13H13IN2O3/c1-2-8-7-16(13(19)9(8)5-6-14)10-3-4-11(17)15-12(10)18/h2,5-6,10H,1,3-4,7H2,(H,15,17,18)/b6-5-. The Kier molecular flexibility index (Phi) is 4.18. The van der Waals surface area contributed by atoms with Crippen molar-refractivity contribution in [3.05, 3.63) is 34.0 Å². The van der Waals surface area contributed by atoms with E-state index in [9.17, 15) is 14.4 Å². The fraction of sp³-hybridized carbons (Fsp3) is 0.308. The summed E-state index contributed by atoms with van der Waals surface area (Å²) in [5.74, 6) is -0.859. The van der Waals surface area contributed by atoms with Crippen molar-refractivity contribution in [3.63, 3.8) is 0 Å². The first-order chi connectivity index (χ1) is 9.08. The van der Waals surface area contributed by atoms with Gasteiger partial charge < -0.3 is 4.90 Å². The van der Waals surface area contributed by atoms with E-state index in [-0.39, 0.29) is 18.2 Å². The van der Waals surface area contributed by atoms with E-state index < -0.39 is 11.9 Å². The van der Waals surface area contributed by atoms with Crippen molar-refractivity contribution in [1.29, 1.82) is 0 Å². The molecule has 3 amide bonds. The number of piperidine rings is 1. The highest BCUT2D eigenvalue weighted by atomic mass is 127. The third-order valence-electron chi connectivity index (χ3n) is 3.24. The summed E-state index contributed by atoms with van der Waals surface area (Å²) in [6, 6.07) is -0.569. The summed E-state index contributed by atoms with van der Waals surface area (Å²) in [4.78, 5) is 36.7. The van der Waals surface area contributed by atoms with E-state index in [1.54, 1.807) is 16.2 Å². The van der Waals surface area contributed by atoms with Gasteiger partial charge in [0.05, 0.1) is 0 Å². The SMILES string of the molecule is C=CC1=C(/C=C\I)C(=O)N(C2CCC(=O)NC2=O)C1. The molecule has 2 aliphatic heterocycles. The lowest BCUT2D eigenvalue weighted by Gasteiger charge is -2.29. The van der Waals surface area contributed by atoms with Crippen LogP contribution in [-0.4, -0.2) is 35.2 Å². The molecule has 0 aromatic rings. The lowest BCUT2D eigenvalue weighted by atomic mass is 10.0. The number of rotatable bonds is 3. The molecule has 1 fully saturated rings. The highest BCUT2D eigenvalue weighted by Crippen LogP contribution is 2.26. The second-order valence-corrected chi connectivity index (χ2v) is 5.05. The first kappa shape index (κ1) is 14.0.